The molecular weight excluding hydrogens is 387 g/mol. The lowest BCUT2D eigenvalue weighted by molar-refractivity contribution is -0.134. The first-order valence-electron chi connectivity index (χ1n) is 10.9. The van der Waals surface area contributed by atoms with Gasteiger partial charge in [0, 0.05) is 31.6 Å². The molecule has 30 heavy (non-hydrogen) atoms. The fourth-order valence-corrected chi connectivity index (χ4v) is 4.00. The lowest BCUT2D eigenvalue weighted by Gasteiger charge is -2.21. The molecule has 7 nitrogen and oxygen atoms in total. The molecule has 1 aromatic rings. The predicted octanol–water partition coefficient (Wildman–Crippen LogP) is 1.91. The van der Waals surface area contributed by atoms with E-state index in [1.54, 1.807) is 0 Å². The summed E-state index contributed by atoms with van der Waals surface area (Å²) < 4.78 is 18.4. The molecule has 3 N–H and O–H groups in total. The number of aliphatic hydroxyl groups is 1. The Hall–Kier alpha value is -2.35. The van der Waals surface area contributed by atoms with Crippen LogP contribution in [0.1, 0.15) is 39.0 Å². The number of carbonyl (C=O) groups is 1. The van der Waals surface area contributed by atoms with E-state index in [4.69, 9.17) is 4.74 Å². The molecule has 3 rings (SSSR count). The van der Waals surface area contributed by atoms with E-state index in [1.807, 2.05) is 11.8 Å². The van der Waals surface area contributed by atoms with Crippen molar-refractivity contribution in [2.24, 2.45) is 10.9 Å². The minimum atomic E-state index is -0.783. The highest BCUT2D eigenvalue weighted by atomic mass is 19.1. The van der Waals surface area contributed by atoms with Gasteiger partial charge in [-0.15, -0.1) is 0 Å². The van der Waals surface area contributed by atoms with Crippen molar-refractivity contribution in [3.8, 4) is 5.75 Å². The molecule has 1 aliphatic carbocycles. The van der Waals surface area contributed by atoms with Gasteiger partial charge in [-0.3, -0.25) is 9.79 Å². The number of hydrogen-bond donors (Lipinski definition) is 3. The SMILES string of the molecule is CCNC(=NCC(O)COc1ccc(F)cc1)NC1CCN(C(=O)C2CCCC2)C1. The average molecular weight is 421 g/mol. The van der Waals surface area contributed by atoms with Crippen LogP contribution in [0, 0.1) is 11.7 Å². The Morgan fingerprint density at radius 1 is 1.30 bits per heavy atom. The third kappa shape index (κ3) is 6.58. The standard InChI is InChI=1S/C22H33FN4O3/c1-2-24-22(25-13-19(28)15-30-20-9-7-17(23)8-10-20)26-18-11-12-27(14-18)21(29)16-5-3-4-6-16/h7-10,16,18-19,28H,2-6,11-15H2,1H3,(H2,24,25,26). The Labute approximate surface area is 177 Å². The number of rotatable bonds is 8. The topological polar surface area (TPSA) is 86.2 Å². The summed E-state index contributed by atoms with van der Waals surface area (Å²) in [5, 5.41) is 16.7. The van der Waals surface area contributed by atoms with Crippen LogP contribution in [0.15, 0.2) is 29.3 Å². The monoisotopic (exact) mass is 420 g/mol. The molecule has 1 aromatic carbocycles. The number of benzene rings is 1. The van der Waals surface area contributed by atoms with Crippen molar-refractivity contribution in [1.29, 1.82) is 0 Å². The van der Waals surface area contributed by atoms with Gasteiger partial charge in [0.1, 0.15) is 24.3 Å². The highest BCUT2D eigenvalue weighted by Crippen LogP contribution is 2.27. The summed E-state index contributed by atoms with van der Waals surface area (Å²) in [4.78, 5) is 19.0. The van der Waals surface area contributed by atoms with Crippen LogP contribution in [0.2, 0.25) is 0 Å². The molecule has 8 heteroatoms. The molecule has 0 bridgehead atoms. The zero-order valence-corrected chi connectivity index (χ0v) is 17.6. The van der Waals surface area contributed by atoms with E-state index in [9.17, 15) is 14.3 Å². The molecule has 1 saturated heterocycles. The molecule has 1 saturated carbocycles. The quantitative estimate of drug-likeness (QED) is 0.442. The van der Waals surface area contributed by atoms with Gasteiger partial charge in [0.15, 0.2) is 5.96 Å². The van der Waals surface area contributed by atoms with Gasteiger partial charge in [0.05, 0.1) is 6.54 Å². The molecule has 1 heterocycles. The number of ether oxygens (including phenoxy) is 1. The first-order valence-corrected chi connectivity index (χ1v) is 10.9. The van der Waals surface area contributed by atoms with Crippen molar-refractivity contribution >= 4 is 11.9 Å². The van der Waals surface area contributed by atoms with E-state index in [0.717, 1.165) is 38.6 Å². The van der Waals surface area contributed by atoms with Crippen molar-refractivity contribution in [3.63, 3.8) is 0 Å². The van der Waals surface area contributed by atoms with E-state index < -0.39 is 6.10 Å². The van der Waals surface area contributed by atoms with Gasteiger partial charge in [-0.25, -0.2) is 4.39 Å². The van der Waals surface area contributed by atoms with Gasteiger partial charge in [0.2, 0.25) is 5.91 Å². The number of hydrogen-bond acceptors (Lipinski definition) is 4. The Bertz CT molecular complexity index is 707. The van der Waals surface area contributed by atoms with Gasteiger partial charge in [-0.1, -0.05) is 12.8 Å². The Kier molecular flexibility index (Phi) is 8.30. The summed E-state index contributed by atoms with van der Waals surface area (Å²) in [5.74, 6) is 1.30. The lowest BCUT2D eigenvalue weighted by atomic mass is 10.1. The third-order valence-corrected chi connectivity index (χ3v) is 5.61. The number of likely N-dealkylation sites (tertiary alicyclic amines) is 1. The van der Waals surface area contributed by atoms with Crippen LogP contribution in [-0.2, 0) is 4.79 Å². The van der Waals surface area contributed by atoms with E-state index in [2.05, 4.69) is 15.6 Å². The zero-order valence-electron chi connectivity index (χ0n) is 17.6. The van der Waals surface area contributed by atoms with Crippen LogP contribution in [0.5, 0.6) is 5.75 Å². The summed E-state index contributed by atoms with van der Waals surface area (Å²) in [5.41, 5.74) is 0. The molecule has 0 radical (unpaired) electrons. The van der Waals surface area contributed by atoms with Crippen molar-refractivity contribution in [3.05, 3.63) is 30.1 Å². The maximum atomic E-state index is 12.9. The highest BCUT2D eigenvalue weighted by molar-refractivity contribution is 5.81. The van der Waals surface area contributed by atoms with E-state index in [0.29, 0.717) is 30.7 Å². The minimum absolute atomic E-state index is 0.0711. The molecule has 0 aromatic heterocycles. The fourth-order valence-electron chi connectivity index (χ4n) is 4.00. The zero-order chi connectivity index (χ0) is 21.3. The van der Waals surface area contributed by atoms with Crippen LogP contribution < -0.4 is 15.4 Å². The van der Waals surface area contributed by atoms with Crippen LogP contribution in [0.4, 0.5) is 4.39 Å². The van der Waals surface area contributed by atoms with E-state index in [-0.39, 0.29) is 30.9 Å². The minimum Gasteiger partial charge on any atom is -0.491 e. The highest BCUT2D eigenvalue weighted by Gasteiger charge is 2.32. The second-order valence-electron chi connectivity index (χ2n) is 8.03. The molecule has 1 amide bonds. The van der Waals surface area contributed by atoms with Gasteiger partial charge in [0.25, 0.3) is 0 Å². The first-order chi connectivity index (χ1) is 14.5. The summed E-state index contributed by atoms with van der Waals surface area (Å²) in [6.45, 7) is 4.40. The smallest absolute Gasteiger partial charge is 0.225 e. The number of nitrogens with one attached hydrogen (secondary N) is 2. The molecule has 166 valence electrons. The number of nitrogens with zero attached hydrogens (tertiary/aromatic N) is 2. The fraction of sp³-hybridized carbons (Fsp3) is 0.636. The number of amides is 1. The van der Waals surface area contributed by atoms with Gasteiger partial charge < -0.3 is 25.4 Å². The predicted molar refractivity (Wildman–Crippen MR) is 114 cm³/mol. The van der Waals surface area contributed by atoms with Crippen LogP contribution in [-0.4, -0.2) is 66.8 Å². The average Bonchev–Trinajstić information content (AvgIpc) is 3.44. The van der Waals surface area contributed by atoms with E-state index in [1.165, 1.54) is 24.3 Å². The maximum Gasteiger partial charge on any atom is 0.225 e. The third-order valence-electron chi connectivity index (χ3n) is 5.61. The number of aliphatic imine (C=N–C) groups is 1. The normalized spacial score (nSPS) is 21.0. The largest absolute Gasteiger partial charge is 0.491 e. The van der Waals surface area contributed by atoms with Crippen molar-refractivity contribution in [2.75, 3.05) is 32.8 Å². The summed E-state index contributed by atoms with van der Waals surface area (Å²) in [6.07, 6.45) is 4.48. The van der Waals surface area contributed by atoms with Gasteiger partial charge >= 0.3 is 0 Å². The van der Waals surface area contributed by atoms with Crippen molar-refractivity contribution in [2.45, 2.75) is 51.2 Å². The molecule has 1 aliphatic heterocycles. The van der Waals surface area contributed by atoms with Crippen molar-refractivity contribution in [1.82, 2.24) is 15.5 Å². The number of aliphatic hydroxyl groups excluding tert-OH is 1. The molecule has 2 unspecified atom stereocenters. The van der Waals surface area contributed by atoms with Gasteiger partial charge in [-0.2, -0.15) is 0 Å². The number of halogens is 1. The van der Waals surface area contributed by atoms with Crippen LogP contribution in [0.3, 0.4) is 0 Å². The molecule has 2 fully saturated rings. The molecule has 0 spiro atoms. The second-order valence-corrected chi connectivity index (χ2v) is 8.03. The molecule has 2 atom stereocenters. The van der Waals surface area contributed by atoms with E-state index >= 15 is 0 Å². The summed E-state index contributed by atoms with van der Waals surface area (Å²) in [6, 6.07) is 5.83. The van der Waals surface area contributed by atoms with Crippen LogP contribution >= 0.6 is 0 Å². The summed E-state index contributed by atoms with van der Waals surface area (Å²) >= 11 is 0. The summed E-state index contributed by atoms with van der Waals surface area (Å²) in [7, 11) is 0. The maximum absolute atomic E-state index is 12.9. The van der Waals surface area contributed by atoms with Gasteiger partial charge in [-0.05, 0) is 50.5 Å². The Morgan fingerprint density at radius 3 is 2.73 bits per heavy atom. The number of carbonyl (C=O) groups excluding carboxylic acids is 1. The first kappa shape index (κ1) is 22.3. The molecular formula is C22H33FN4O3. The second kappa shape index (κ2) is 11.2. The van der Waals surface area contributed by atoms with Crippen molar-refractivity contribution < 1.29 is 19.0 Å². The Balaban J connectivity index is 1.44. The number of guanidine groups is 1. The lowest BCUT2D eigenvalue weighted by Crippen LogP contribution is -2.45. The molecule has 2 aliphatic rings. The van der Waals surface area contributed by atoms with Crippen LogP contribution in [0.25, 0.3) is 0 Å². The Morgan fingerprint density at radius 2 is 2.03 bits per heavy atom.